The minimum absolute atomic E-state index is 0.133. The average molecular weight is 575 g/mol. The van der Waals surface area contributed by atoms with Crippen molar-refractivity contribution in [3.05, 3.63) is 87.8 Å². The van der Waals surface area contributed by atoms with Gasteiger partial charge in [-0.3, -0.25) is 9.59 Å². The normalized spacial score (nSPS) is 12.9. The van der Waals surface area contributed by atoms with Gasteiger partial charge in [-0.25, -0.2) is 0 Å². The molecule has 0 atom stereocenters. The molecule has 0 amide bonds. The van der Waals surface area contributed by atoms with E-state index in [1.165, 1.54) is 85.3 Å². The lowest BCUT2D eigenvalue weighted by Crippen LogP contribution is -2.16. The predicted molar refractivity (Wildman–Crippen MR) is 165 cm³/mol. The molecule has 0 saturated carbocycles. The van der Waals surface area contributed by atoms with Gasteiger partial charge in [0.05, 0.1) is 20.9 Å². The number of benzene rings is 3. The monoisotopic (exact) mass is 574 g/mol. The van der Waals surface area contributed by atoms with Crippen LogP contribution in [0, 0.1) is 0 Å². The molecule has 0 spiro atoms. The fraction of sp³-hybridized carbons (Fsp3) is 0.353. The molecule has 4 rings (SSSR count). The summed E-state index contributed by atoms with van der Waals surface area (Å²) < 4.78 is 0. The quantitative estimate of drug-likeness (QED) is 0.147. The number of carbonyl (C=O) groups excluding carboxylic acids is 2. The minimum atomic E-state index is -0.484. The van der Waals surface area contributed by atoms with Gasteiger partial charge in [-0.2, -0.15) is 0 Å². The number of hydrogen-bond acceptors (Lipinski definition) is 6. The molecule has 0 bridgehead atoms. The van der Waals surface area contributed by atoms with Crippen molar-refractivity contribution in [2.75, 3.05) is 0 Å². The Morgan fingerprint density at radius 2 is 1.18 bits per heavy atom. The van der Waals surface area contributed by atoms with Gasteiger partial charge in [0.15, 0.2) is 5.78 Å². The van der Waals surface area contributed by atoms with E-state index in [-0.39, 0.29) is 27.5 Å². The highest BCUT2D eigenvalue weighted by molar-refractivity contribution is 8.04. The molecule has 4 nitrogen and oxygen atoms in total. The first-order valence-corrected chi connectivity index (χ1v) is 16.0. The average Bonchev–Trinajstić information content (AvgIpc) is 2.95. The first-order chi connectivity index (χ1) is 19.4. The predicted octanol–water partition coefficient (Wildman–Crippen LogP) is 9.55. The van der Waals surface area contributed by atoms with Crippen LogP contribution in [-0.2, 0) is 12.8 Å². The van der Waals surface area contributed by atoms with Crippen LogP contribution >= 0.6 is 23.5 Å². The Labute approximate surface area is 246 Å². The maximum absolute atomic E-state index is 13.3. The van der Waals surface area contributed by atoms with E-state index < -0.39 is 11.6 Å². The smallest absolute Gasteiger partial charge is 0.204 e. The number of fused-ring (bicyclic) bond motifs is 1. The van der Waals surface area contributed by atoms with Crippen LogP contribution < -0.4 is 0 Å². The van der Waals surface area contributed by atoms with Crippen LogP contribution in [-0.4, -0.2) is 21.8 Å². The molecule has 1 aliphatic carbocycles. The molecule has 1 aliphatic rings. The van der Waals surface area contributed by atoms with Crippen molar-refractivity contribution in [1.29, 1.82) is 0 Å². The van der Waals surface area contributed by atoms with Crippen molar-refractivity contribution < 1.29 is 19.8 Å². The summed E-state index contributed by atoms with van der Waals surface area (Å²) in [6.45, 7) is 4.40. The van der Waals surface area contributed by atoms with Crippen molar-refractivity contribution >= 4 is 35.1 Å². The Balaban J connectivity index is 1.45. The van der Waals surface area contributed by atoms with Crippen LogP contribution in [0.25, 0.3) is 0 Å². The number of ketones is 2. The molecule has 0 aliphatic heterocycles. The zero-order valence-electron chi connectivity index (χ0n) is 23.4. The SMILES string of the molecule is CCCCCCc1ccc(SC2=CC(=O)c3c(O)c(Sc4ccc(CCCCCC)cc4)cc(O)c3C2=O)cc1. The zero-order chi connectivity index (χ0) is 28.5. The van der Waals surface area contributed by atoms with E-state index in [1.54, 1.807) is 0 Å². The summed E-state index contributed by atoms with van der Waals surface area (Å²) in [5, 5.41) is 21.8. The Bertz CT molecular complexity index is 1360. The number of allylic oxidation sites excluding steroid dienone is 2. The fourth-order valence-electron chi connectivity index (χ4n) is 4.85. The maximum atomic E-state index is 13.3. The Morgan fingerprint density at radius 3 is 1.70 bits per heavy atom. The number of phenols is 2. The molecule has 3 aromatic carbocycles. The summed E-state index contributed by atoms with van der Waals surface area (Å²) in [5.41, 5.74) is 2.24. The van der Waals surface area contributed by atoms with Gasteiger partial charge in [-0.1, -0.05) is 100 Å². The highest BCUT2D eigenvalue weighted by atomic mass is 32.2. The van der Waals surface area contributed by atoms with E-state index in [0.717, 1.165) is 35.5 Å². The van der Waals surface area contributed by atoms with Gasteiger partial charge >= 0.3 is 0 Å². The molecule has 0 radical (unpaired) electrons. The highest BCUT2D eigenvalue weighted by Gasteiger charge is 2.33. The van der Waals surface area contributed by atoms with Crippen LogP contribution in [0.5, 0.6) is 11.5 Å². The number of carbonyl (C=O) groups is 2. The third-order valence-electron chi connectivity index (χ3n) is 7.14. The third-order valence-corrected chi connectivity index (χ3v) is 9.21. The van der Waals surface area contributed by atoms with Gasteiger partial charge in [0.2, 0.25) is 5.78 Å². The summed E-state index contributed by atoms with van der Waals surface area (Å²) >= 11 is 2.46. The number of Topliss-reactive ketones (excluding diaryl/α,β-unsaturated/α-hetero) is 1. The Hall–Kier alpha value is -2.96. The number of thioether (sulfide) groups is 1. The minimum Gasteiger partial charge on any atom is -0.507 e. The van der Waals surface area contributed by atoms with Gasteiger partial charge in [-0.15, -0.1) is 0 Å². The van der Waals surface area contributed by atoms with Gasteiger partial charge in [0.25, 0.3) is 0 Å². The van der Waals surface area contributed by atoms with Crippen LogP contribution in [0.2, 0.25) is 0 Å². The van der Waals surface area contributed by atoms with Crippen LogP contribution in [0.3, 0.4) is 0 Å². The largest absolute Gasteiger partial charge is 0.507 e. The van der Waals surface area contributed by atoms with Crippen molar-refractivity contribution in [3.63, 3.8) is 0 Å². The molecule has 0 saturated heterocycles. The first-order valence-electron chi connectivity index (χ1n) is 14.3. The lowest BCUT2D eigenvalue weighted by Gasteiger charge is -2.19. The van der Waals surface area contributed by atoms with Crippen LogP contribution in [0.1, 0.15) is 97.1 Å². The van der Waals surface area contributed by atoms with Crippen LogP contribution in [0.4, 0.5) is 0 Å². The lowest BCUT2D eigenvalue weighted by atomic mass is 9.93. The van der Waals surface area contributed by atoms with Crippen molar-refractivity contribution in [3.8, 4) is 11.5 Å². The Morgan fingerprint density at radius 1 is 0.650 bits per heavy atom. The second-order valence-corrected chi connectivity index (χ2v) is 12.5. The zero-order valence-corrected chi connectivity index (χ0v) is 25.0. The van der Waals surface area contributed by atoms with Crippen molar-refractivity contribution in [1.82, 2.24) is 0 Å². The number of aryl methyl sites for hydroxylation is 2. The van der Waals surface area contributed by atoms with E-state index in [1.807, 2.05) is 24.3 Å². The van der Waals surface area contributed by atoms with Crippen LogP contribution in [0.15, 0.2) is 80.3 Å². The van der Waals surface area contributed by atoms with Crippen molar-refractivity contribution in [2.45, 2.75) is 92.7 Å². The molecule has 0 heterocycles. The molecule has 6 heteroatoms. The number of unbranched alkanes of at least 4 members (excludes halogenated alkanes) is 6. The number of hydrogen-bond donors (Lipinski definition) is 2. The molecule has 210 valence electrons. The Kier molecular flexibility index (Phi) is 11.0. The van der Waals surface area contributed by atoms with E-state index in [9.17, 15) is 19.8 Å². The maximum Gasteiger partial charge on any atom is 0.204 e. The summed E-state index contributed by atoms with van der Waals surface area (Å²) in [7, 11) is 0. The third kappa shape index (κ3) is 7.61. The second-order valence-electron chi connectivity index (χ2n) is 10.3. The first kappa shape index (κ1) is 30.0. The van der Waals surface area contributed by atoms with E-state index >= 15 is 0 Å². The summed E-state index contributed by atoms with van der Waals surface area (Å²) in [4.78, 5) is 28.7. The van der Waals surface area contributed by atoms with Gasteiger partial charge in [0, 0.05) is 15.9 Å². The topological polar surface area (TPSA) is 74.6 Å². The molecule has 0 aromatic heterocycles. The van der Waals surface area contributed by atoms with Gasteiger partial charge in [-0.05, 0) is 67.1 Å². The lowest BCUT2D eigenvalue weighted by molar-refractivity contribution is 0.0986. The molecule has 2 N–H and O–H groups in total. The second kappa shape index (κ2) is 14.6. The molecule has 3 aromatic rings. The fourth-order valence-corrected chi connectivity index (χ4v) is 6.63. The van der Waals surface area contributed by atoms with E-state index in [4.69, 9.17) is 0 Å². The molecular weight excluding hydrogens is 537 g/mol. The van der Waals surface area contributed by atoms with E-state index in [2.05, 4.69) is 38.1 Å². The molecule has 0 unspecified atom stereocenters. The summed E-state index contributed by atoms with van der Waals surface area (Å²) in [6, 6.07) is 17.5. The summed E-state index contributed by atoms with van der Waals surface area (Å²) in [5.74, 6) is -1.51. The number of phenolic OH excluding ortho intramolecular Hbond substituents is 2. The number of aromatic hydroxyl groups is 2. The number of rotatable bonds is 14. The molecule has 40 heavy (non-hydrogen) atoms. The van der Waals surface area contributed by atoms with Gasteiger partial charge in [0.1, 0.15) is 11.5 Å². The standard InChI is InChI=1S/C34H38O4S2/c1-3-5-7-9-11-23-13-17-25(18-14-23)39-29-21-27(35)32-31(33(29)37)28(36)22-30(34(32)38)40-26-19-15-24(16-20-26)12-10-8-6-4-2/h13-22,35,37H,3-12H2,1-2H3. The molecular formula is C34H38O4S2. The van der Waals surface area contributed by atoms with Gasteiger partial charge < -0.3 is 10.2 Å². The summed E-state index contributed by atoms with van der Waals surface area (Å²) in [6.07, 6.45) is 13.0. The van der Waals surface area contributed by atoms with Crippen molar-refractivity contribution in [2.24, 2.45) is 0 Å². The molecule has 0 fully saturated rings. The highest BCUT2D eigenvalue weighted by Crippen LogP contribution is 2.46. The van der Waals surface area contributed by atoms with E-state index in [0.29, 0.717) is 4.90 Å².